The number of carbonyl (C=O) groups excluding carboxylic acids is 1. The lowest BCUT2D eigenvalue weighted by Gasteiger charge is -2.18. The largest absolute Gasteiger partial charge is 0.340 e. The molecule has 0 aliphatic carbocycles. The maximum atomic E-state index is 12.5. The van der Waals surface area contributed by atoms with E-state index in [4.69, 9.17) is 4.52 Å². The Morgan fingerprint density at radius 3 is 2.83 bits per heavy atom. The molecule has 0 saturated heterocycles. The third-order valence-electron chi connectivity index (χ3n) is 3.57. The van der Waals surface area contributed by atoms with Crippen molar-refractivity contribution in [2.24, 2.45) is 5.92 Å². The van der Waals surface area contributed by atoms with Gasteiger partial charge in [0.25, 0.3) is 5.91 Å². The summed E-state index contributed by atoms with van der Waals surface area (Å²) in [6.45, 7) is 5.89. The van der Waals surface area contributed by atoms with Gasteiger partial charge in [-0.05, 0) is 25.0 Å². The number of rotatable bonds is 5. The summed E-state index contributed by atoms with van der Waals surface area (Å²) >= 11 is 0. The molecule has 0 spiro atoms. The van der Waals surface area contributed by atoms with Crippen molar-refractivity contribution in [3.8, 4) is 11.6 Å². The first-order valence-corrected chi connectivity index (χ1v) is 7.61. The van der Waals surface area contributed by atoms with Crippen LogP contribution in [0.15, 0.2) is 35.1 Å². The van der Waals surface area contributed by atoms with Crippen LogP contribution in [0.1, 0.15) is 41.7 Å². The molecular weight excluding hydrogens is 308 g/mol. The lowest BCUT2D eigenvalue weighted by atomic mass is 10.0. The fraction of sp³-hybridized carbons (Fsp3) is 0.312. The molecule has 8 heteroatoms. The summed E-state index contributed by atoms with van der Waals surface area (Å²) in [5, 5.41) is 13.3. The van der Waals surface area contributed by atoms with Gasteiger partial charge in [0.15, 0.2) is 5.82 Å². The van der Waals surface area contributed by atoms with Gasteiger partial charge in [-0.3, -0.25) is 9.89 Å². The monoisotopic (exact) mass is 326 g/mol. The second kappa shape index (κ2) is 6.61. The second-order valence-electron chi connectivity index (χ2n) is 5.85. The summed E-state index contributed by atoms with van der Waals surface area (Å²) in [6, 6.07) is 7.00. The summed E-state index contributed by atoms with van der Waals surface area (Å²) in [5.74, 6) is 0.937. The minimum Gasteiger partial charge on any atom is -0.340 e. The molecule has 0 saturated carbocycles. The predicted octanol–water partition coefficient (Wildman–Crippen LogP) is 2.29. The summed E-state index contributed by atoms with van der Waals surface area (Å²) < 4.78 is 5.31. The van der Waals surface area contributed by atoms with Gasteiger partial charge in [0.05, 0.1) is 0 Å². The van der Waals surface area contributed by atoms with Crippen molar-refractivity contribution in [1.82, 2.24) is 30.6 Å². The summed E-state index contributed by atoms with van der Waals surface area (Å²) in [6.07, 6.45) is 1.37. The number of aromatic nitrogens is 5. The number of hydrogen-bond acceptors (Lipinski definition) is 6. The van der Waals surface area contributed by atoms with Crippen LogP contribution in [0, 0.1) is 12.8 Å². The van der Waals surface area contributed by atoms with Crippen molar-refractivity contribution in [2.45, 2.75) is 26.8 Å². The Morgan fingerprint density at radius 1 is 1.33 bits per heavy atom. The molecule has 0 fully saturated rings. The van der Waals surface area contributed by atoms with Crippen LogP contribution in [0.3, 0.4) is 0 Å². The smallest absolute Gasteiger partial charge is 0.251 e. The van der Waals surface area contributed by atoms with Crippen molar-refractivity contribution in [1.29, 1.82) is 0 Å². The molecule has 0 aliphatic rings. The van der Waals surface area contributed by atoms with Gasteiger partial charge in [-0.25, -0.2) is 4.98 Å². The first kappa shape index (κ1) is 15.9. The van der Waals surface area contributed by atoms with Crippen molar-refractivity contribution in [3.63, 3.8) is 0 Å². The Kier molecular flexibility index (Phi) is 4.37. The number of benzene rings is 1. The van der Waals surface area contributed by atoms with Gasteiger partial charge in [0.2, 0.25) is 11.7 Å². The number of amides is 1. The molecule has 2 N–H and O–H groups in total. The van der Waals surface area contributed by atoms with Gasteiger partial charge >= 0.3 is 0 Å². The number of nitrogens with one attached hydrogen (secondary N) is 2. The Labute approximate surface area is 138 Å². The van der Waals surface area contributed by atoms with Gasteiger partial charge in [0.1, 0.15) is 12.4 Å². The fourth-order valence-electron chi connectivity index (χ4n) is 2.30. The van der Waals surface area contributed by atoms with E-state index in [0.717, 1.165) is 5.56 Å². The van der Waals surface area contributed by atoms with Crippen LogP contribution in [0.2, 0.25) is 0 Å². The topological polar surface area (TPSA) is 110 Å². The van der Waals surface area contributed by atoms with E-state index in [0.29, 0.717) is 23.1 Å². The number of nitrogens with zero attached hydrogens (tertiary/aromatic N) is 4. The average molecular weight is 326 g/mol. The molecule has 3 aromatic rings. The highest BCUT2D eigenvalue weighted by Gasteiger charge is 2.25. The zero-order valence-electron chi connectivity index (χ0n) is 13.6. The Bertz CT molecular complexity index is 825. The Hall–Kier alpha value is -3.03. The fourth-order valence-corrected chi connectivity index (χ4v) is 2.30. The van der Waals surface area contributed by atoms with E-state index in [9.17, 15) is 4.79 Å². The molecule has 0 bridgehead atoms. The summed E-state index contributed by atoms with van der Waals surface area (Å²) in [4.78, 5) is 20.8. The van der Waals surface area contributed by atoms with Crippen LogP contribution in [-0.2, 0) is 0 Å². The molecule has 3 rings (SSSR count). The van der Waals surface area contributed by atoms with Gasteiger partial charge < -0.3 is 9.84 Å². The van der Waals surface area contributed by atoms with Gasteiger partial charge in [-0.15, -0.1) is 0 Å². The number of carbonyl (C=O) groups is 1. The maximum Gasteiger partial charge on any atom is 0.251 e. The first-order chi connectivity index (χ1) is 11.5. The highest BCUT2D eigenvalue weighted by molar-refractivity contribution is 5.94. The quantitative estimate of drug-likeness (QED) is 0.744. The van der Waals surface area contributed by atoms with Crippen LogP contribution in [0.25, 0.3) is 11.6 Å². The molecule has 8 nitrogen and oxygen atoms in total. The van der Waals surface area contributed by atoms with Gasteiger partial charge in [0, 0.05) is 5.56 Å². The number of H-pyrrole nitrogens is 1. The SMILES string of the molecule is Cc1cccc(C(=O)N[C@@H](c2nc(-c3ncn[nH]3)no2)C(C)C)c1. The lowest BCUT2D eigenvalue weighted by Crippen LogP contribution is -2.32. The highest BCUT2D eigenvalue weighted by atomic mass is 16.5. The van der Waals surface area contributed by atoms with Crippen LogP contribution in [-0.4, -0.2) is 31.2 Å². The molecule has 2 aromatic heterocycles. The minimum atomic E-state index is -0.401. The molecule has 1 amide bonds. The van der Waals surface area contributed by atoms with E-state index in [1.165, 1.54) is 6.33 Å². The maximum absolute atomic E-state index is 12.5. The van der Waals surface area contributed by atoms with Crippen molar-refractivity contribution < 1.29 is 9.32 Å². The van der Waals surface area contributed by atoms with Crippen LogP contribution in [0.5, 0.6) is 0 Å². The lowest BCUT2D eigenvalue weighted by molar-refractivity contribution is 0.0914. The van der Waals surface area contributed by atoms with Crippen molar-refractivity contribution in [2.75, 3.05) is 0 Å². The average Bonchev–Trinajstić information content (AvgIpc) is 3.23. The molecule has 24 heavy (non-hydrogen) atoms. The zero-order valence-corrected chi connectivity index (χ0v) is 13.6. The normalized spacial score (nSPS) is 12.3. The van der Waals surface area contributed by atoms with Crippen LogP contribution < -0.4 is 5.32 Å². The van der Waals surface area contributed by atoms with Crippen LogP contribution in [0.4, 0.5) is 0 Å². The second-order valence-corrected chi connectivity index (χ2v) is 5.85. The molecular formula is C16H18N6O2. The first-order valence-electron chi connectivity index (χ1n) is 7.61. The third kappa shape index (κ3) is 3.32. The van der Waals surface area contributed by atoms with E-state index in [1.807, 2.05) is 39.0 Å². The zero-order chi connectivity index (χ0) is 17.1. The predicted molar refractivity (Wildman–Crippen MR) is 85.9 cm³/mol. The molecule has 0 radical (unpaired) electrons. The summed E-state index contributed by atoms with van der Waals surface area (Å²) in [7, 11) is 0. The Balaban J connectivity index is 1.81. The number of aryl methyl sites for hydroxylation is 1. The molecule has 0 aliphatic heterocycles. The van der Waals surface area contributed by atoms with Crippen molar-refractivity contribution in [3.05, 3.63) is 47.6 Å². The van der Waals surface area contributed by atoms with Crippen LogP contribution >= 0.6 is 0 Å². The number of aromatic amines is 1. The van der Waals surface area contributed by atoms with Crippen molar-refractivity contribution >= 4 is 5.91 Å². The third-order valence-corrected chi connectivity index (χ3v) is 3.57. The molecule has 2 heterocycles. The van der Waals surface area contributed by atoms with Gasteiger partial charge in [-0.2, -0.15) is 10.1 Å². The highest BCUT2D eigenvalue weighted by Crippen LogP contribution is 2.22. The molecule has 1 atom stereocenters. The Morgan fingerprint density at radius 2 is 2.17 bits per heavy atom. The summed E-state index contributed by atoms with van der Waals surface area (Å²) in [5.41, 5.74) is 1.62. The van der Waals surface area contributed by atoms with E-state index in [1.54, 1.807) is 6.07 Å². The minimum absolute atomic E-state index is 0.0711. The number of hydrogen-bond donors (Lipinski definition) is 2. The van der Waals surface area contributed by atoms with E-state index >= 15 is 0 Å². The standard InChI is InChI=1S/C16H18N6O2/c1-9(2)12(19-15(23)11-6-4-5-10(3)7-11)16-20-14(22-24-16)13-17-8-18-21-13/h4-9,12H,1-3H3,(H,19,23)(H,17,18,21)/t12-/m1/s1. The molecule has 124 valence electrons. The van der Waals surface area contributed by atoms with E-state index in [2.05, 4.69) is 30.6 Å². The molecule has 0 unspecified atom stereocenters. The van der Waals surface area contributed by atoms with E-state index < -0.39 is 6.04 Å². The molecule has 1 aromatic carbocycles. The van der Waals surface area contributed by atoms with E-state index in [-0.39, 0.29) is 11.8 Å². The van der Waals surface area contributed by atoms with Gasteiger partial charge in [-0.1, -0.05) is 36.7 Å².